The lowest BCUT2D eigenvalue weighted by Crippen LogP contribution is -2.61. The van der Waals surface area contributed by atoms with Gasteiger partial charge in [-0.3, -0.25) is 14.6 Å². The summed E-state index contributed by atoms with van der Waals surface area (Å²) in [6.45, 7) is 1.61. The van der Waals surface area contributed by atoms with Gasteiger partial charge in [-0.05, 0) is 62.6 Å². The van der Waals surface area contributed by atoms with Gasteiger partial charge in [0, 0.05) is 37.9 Å². The van der Waals surface area contributed by atoms with Crippen LogP contribution in [-0.4, -0.2) is 51.3 Å². The fourth-order valence-corrected chi connectivity index (χ4v) is 4.41. The molecule has 0 aromatic carbocycles. The molecule has 2 aliphatic heterocycles. The monoisotopic (exact) mass is 327 g/mol. The molecular formula is C19H25N3O2. The Bertz CT molecular complexity index is 629. The van der Waals surface area contributed by atoms with Gasteiger partial charge in [0.15, 0.2) is 0 Å². The normalized spacial score (nSPS) is 27.1. The molecule has 3 fully saturated rings. The summed E-state index contributed by atoms with van der Waals surface area (Å²) in [6, 6.07) is 4.35. The zero-order chi connectivity index (χ0) is 16.6. The van der Waals surface area contributed by atoms with Gasteiger partial charge in [-0.15, -0.1) is 0 Å². The highest BCUT2D eigenvalue weighted by Crippen LogP contribution is 2.42. The highest BCUT2D eigenvalue weighted by molar-refractivity contribution is 5.93. The van der Waals surface area contributed by atoms with Crippen LogP contribution in [0.1, 0.15) is 50.5 Å². The average molecular weight is 327 g/mol. The van der Waals surface area contributed by atoms with E-state index in [4.69, 9.17) is 0 Å². The third kappa shape index (κ3) is 2.70. The highest BCUT2D eigenvalue weighted by atomic mass is 16.2. The molecule has 1 unspecified atom stereocenters. The summed E-state index contributed by atoms with van der Waals surface area (Å²) in [7, 11) is 0. The largest absolute Gasteiger partial charge is 0.338 e. The van der Waals surface area contributed by atoms with Crippen molar-refractivity contribution in [2.24, 2.45) is 0 Å². The van der Waals surface area contributed by atoms with Crippen molar-refractivity contribution in [2.45, 2.75) is 62.9 Å². The predicted molar refractivity (Wildman–Crippen MR) is 90.2 cm³/mol. The fourth-order valence-electron chi connectivity index (χ4n) is 4.41. The molecule has 5 nitrogen and oxygen atoms in total. The summed E-state index contributed by atoms with van der Waals surface area (Å²) in [4.78, 5) is 34.0. The van der Waals surface area contributed by atoms with E-state index >= 15 is 0 Å². The minimum Gasteiger partial charge on any atom is -0.338 e. The van der Waals surface area contributed by atoms with Crippen molar-refractivity contribution < 1.29 is 9.59 Å². The summed E-state index contributed by atoms with van der Waals surface area (Å²) >= 11 is 0. The SMILES string of the molecule is O=C(CCc1ccncc1)N1CCCC12CCCN(C1CC1)C2=O. The highest BCUT2D eigenvalue weighted by Gasteiger charge is 2.54. The van der Waals surface area contributed by atoms with E-state index < -0.39 is 5.54 Å². The van der Waals surface area contributed by atoms with Crippen LogP contribution in [0.3, 0.4) is 0 Å². The number of amides is 2. The van der Waals surface area contributed by atoms with Crippen LogP contribution in [0.15, 0.2) is 24.5 Å². The molecule has 1 aromatic heterocycles. The Kier molecular flexibility index (Phi) is 4.02. The number of nitrogens with zero attached hydrogens (tertiary/aromatic N) is 3. The maximum atomic E-state index is 13.1. The first-order valence-corrected chi connectivity index (χ1v) is 9.21. The molecule has 3 aliphatic rings. The molecule has 2 amide bonds. The Labute approximate surface area is 143 Å². The molecule has 24 heavy (non-hydrogen) atoms. The third-order valence-electron chi connectivity index (χ3n) is 5.80. The smallest absolute Gasteiger partial charge is 0.248 e. The maximum Gasteiger partial charge on any atom is 0.248 e. The zero-order valence-electron chi connectivity index (χ0n) is 14.1. The number of hydrogen-bond acceptors (Lipinski definition) is 3. The van der Waals surface area contributed by atoms with E-state index in [1.165, 1.54) is 0 Å². The average Bonchev–Trinajstić information content (AvgIpc) is 3.37. The first kappa shape index (κ1) is 15.6. The molecular weight excluding hydrogens is 302 g/mol. The molecule has 1 atom stereocenters. The van der Waals surface area contributed by atoms with Crippen molar-refractivity contribution in [1.29, 1.82) is 0 Å². The summed E-state index contributed by atoms with van der Waals surface area (Å²) in [5.74, 6) is 0.362. The summed E-state index contributed by atoms with van der Waals surface area (Å²) in [5, 5.41) is 0. The quantitative estimate of drug-likeness (QED) is 0.851. The van der Waals surface area contributed by atoms with Crippen molar-refractivity contribution in [3.63, 3.8) is 0 Å². The van der Waals surface area contributed by atoms with Crippen LogP contribution in [0.4, 0.5) is 0 Å². The van der Waals surface area contributed by atoms with Crippen LogP contribution < -0.4 is 0 Å². The number of aryl methyl sites for hydroxylation is 1. The molecule has 0 N–H and O–H groups in total. The van der Waals surface area contributed by atoms with Gasteiger partial charge >= 0.3 is 0 Å². The number of aromatic nitrogens is 1. The minimum absolute atomic E-state index is 0.135. The van der Waals surface area contributed by atoms with E-state index in [1.54, 1.807) is 12.4 Å². The Morgan fingerprint density at radius 2 is 1.88 bits per heavy atom. The molecule has 1 aliphatic carbocycles. The zero-order valence-corrected chi connectivity index (χ0v) is 14.1. The topological polar surface area (TPSA) is 53.5 Å². The fraction of sp³-hybridized carbons (Fsp3) is 0.632. The first-order chi connectivity index (χ1) is 11.7. The van der Waals surface area contributed by atoms with Crippen molar-refractivity contribution in [3.05, 3.63) is 30.1 Å². The molecule has 0 radical (unpaired) electrons. The van der Waals surface area contributed by atoms with Crippen LogP contribution >= 0.6 is 0 Å². The second-order valence-electron chi connectivity index (χ2n) is 7.37. The molecule has 5 heteroatoms. The molecule has 1 spiro atoms. The number of rotatable bonds is 4. The van der Waals surface area contributed by atoms with E-state index in [2.05, 4.69) is 9.88 Å². The second-order valence-corrected chi connectivity index (χ2v) is 7.37. The third-order valence-corrected chi connectivity index (χ3v) is 5.80. The molecule has 3 heterocycles. The standard InChI is InChI=1S/C19H25N3O2/c23-17(6-3-15-7-11-20-12-8-15)22-14-2-10-19(22)9-1-13-21(18(19)24)16-4-5-16/h7-8,11-12,16H,1-6,9-10,13-14H2. The van der Waals surface area contributed by atoms with E-state index in [-0.39, 0.29) is 11.8 Å². The molecule has 2 saturated heterocycles. The summed E-state index contributed by atoms with van der Waals surface area (Å²) in [6.07, 6.45) is 10.6. The van der Waals surface area contributed by atoms with Crippen LogP contribution in [-0.2, 0) is 16.0 Å². The number of likely N-dealkylation sites (tertiary alicyclic amines) is 2. The van der Waals surface area contributed by atoms with Crippen LogP contribution in [0.2, 0.25) is 0 Å². The van der Waals surface area contributed by atoms with Crippen molar-refractivity contribution >= 4 is 11.8 Å². The first-order valence-electron chi connectivity index (χ1n) is 9.21. The van der Waals surface area contributed by atoms with Gasteiger partial charge in [-0.2, -0.15) is 0 Å². The van der Waals surface area contributed by atoms with Gasteiger partial charge in [0.1, 0.15) is 5.54 Å². The minimum atomic E-state index is -0.532. The van der Waals surface area contributed by atoms with Crippen LogP contribution in [0.5, 0.6) is 0 Å². The Morgan fingerprint density at radius 1 is 1.17 bits per heavy atom. The second kappa shape index (κ2) is 6.19. The number of carbonyl (C=O) groups excluding carboxylic acids is 2. The lowest BCUT2D eigenvalue weighted by atomic mass is 9.85. The van der Waals surface area contributed by atoms with Gasteiger partial charge in [0.05, 0.1) is 0 Å². The van der Waals surface area contributed by atoms with E-state index in [1.807, 2.05) is 17.0 Å². The van der Waals surface area contributed by atoms with Crippen molar-refractivity contribution in [1.82, 2.24) is 14.8 Å². The van der Waals surface area contributed by atoms with E-state index in [0.717, 1.165) is 57.2 Å². The lowest BCUT2D eigenvalue weighted by molar-refractivity contribution is -0.155. The number of piperidine rings is 1. The number of pyridine rings is 1. The Hall–Kier alpha value is -1.91. The van der Waals surface area contributed by atoms with Gasteiger partial charge in [-0.1, -0.05) is 0 Å². The number of hydrogen-bond donors (Lipinski definition) is 0. The molecule has 0 bridgehead atoms. The maximum absolute atomic E-state index is 13.1. The molecule has 1 saturated carbocycles. The Morgan fingerprint density at radius 3 is 2.58 bits per heavy atom. The van der Waals surface area contributed by atoms with Gasteiger partial charge < -0.3 is 9.80 Å². The summed E-state index contributed by atoms with van der Waals surface area (Å²) in [5.41, 5.74) is 0.595. The Balaban J connectivity index is 1.47. The number of carbonyl (C=O) groups is 2. The van der Waals surface area contributed by atoms with Gasteiger partial charge in [-0.25, -0.2) is 0 Å². The van der Waals surface area contributed by atoms with Crippen molar-refractivity contribution in [2.75, 3.05) is 13.1 Å². The van der Waals surface area contributed by atoms with Crippen LogP contribution in [0.25, 0.3) is 0 Å². The molecule has 128 valence electrons. The molecule has 4 rings (SSSR count). The molecule has 1 aromatic rings. The van der Waals surface area contributed by atoms with E-state index in [9.17, 15) is 9.59 Å². The lowest BCUT2D eigenvalue weighted by Gasteiger charge is -2.44. The van der Waals surface area contributed by atoms with Gasteiger partial charge in [0.2, 0.25) is 11.8 Å². The summed E-state index contributed by atoms with van der Waals surface area (Å²) < 4.78 is 0. The van der Waals surface area contributed by atoms with Gasteiger partial charge in [0.25, 0.3) is 0 Å². The van der Waals surface area contributed by atoms with Crippen LogP contribution in [0, 0.1) is 0 Å². The predicted octanol–water partition coefficient (Wildman–Crippen LogP) is 2.16. The van der Waals surface area contributed by atoms with Crippen molar-refractivity contribution in [3.8, 4) is 0 Å². The van der Waals surface area contributed by atoms with E-state index in [0.29, 0.717) is 18.9 Å².